The lowest BCUT2D eigenvalue weighted by Crippen LogP contribution is -1.89. The Balaban J connectivity index is 1.49. The molecule has 2 aliphatic rings. The number of nitrogens with one attached hydrogen (secondary N) is 2. The molecule has 2 aliphatic heterocycles. The number of H-pyrrole nitrogens is 2. The van der Waals surface area contributed by atoms with Crippen molar-refractivity contribution in [1.82, 2.24) is 19.9 Å². The van der Waals surface area contributed by atoms with Gasteiger partial charge < -0.3 is 9.97 Å². The number of benzene rings is 2. The Labute approximate surface area is 273 Å². The minimum absolute atomic E-state index is 0.908. The highest BCUT2D eigenvalue weighted by atomic mass is 32.1. The first kappa shape index (κ1) is 26.8. The highest BCUT2D eigenvalue weighted by Crippen LogP contribution is 2.39. The SMILES string of the molecule is C1=Cc2nc1c(-c1cccs1)c1nc(c(-c3cccs3)c3ccc([nH]3)c(-c3ccccc3)c3ccc([nH]3)c2-c2ccccc2)C=C1. The Kier molecular flexibility index (Phi) is 6.47. The van der Waals surface area contributed by atoms with Crippen molar-refractivity contribution in [3.63, 3.8) is 0 Å². The van der Waals surface area contributed by atoms with E-state index < -0.39 is 0 Å². The smallest absolute Gasteiger partial charge is 0.0746 e. The third-order valence-electron chi connectivity index (χ3n) is 8.41. The number of fused-ring (bicyclic) bond motifs is 8. The Bertz CT molecular complexity index is 2450. The molecule has 0 saturated heterocycles. The van der Waals surface area contributed by atoms with Crippen LogP contribution in [0.2, 0.25) is 0 Å². The van der Waals surface area contributed by atoms with Gasteiger partial charge in [-0.25, -0.2) is 9.97 Å². The zero-order valence-electron chi connectivity index (χ0n) is 24.6. The van der Waals surface area contributed by atoms with Crippen LogP contribution in [-0.2, 0) is 0 Å². The van der Waals surface area contributed by atoms with Crippen LogP contribution in [0.1, 0.15) is 22.8 Å². The molecular weight excluding hydrogens is 601 g/mol. The van der Waals surface area contributed by atoms with Crippen LogP contribution >= 0.6 is 22.7 Å². The number of thiophene rings is 2. The molecule has 0 amide bonds. The molecule has 0 spiro atoms. The van der Waals surface area contributed by atoms with Crippen LogP contribution in [0.3, 0.4) is 0 Å². The normalized spacial score (nSPS) is 12.2. The van der Waals surface area contributed by atoms with Crippen molar-refractivity contribution in [3.05, 3.63) is 143 Å². The zero-order chi connectivity index (χ0) is 30.5. The van der Waals surface area contributed by atoms with E-state index in [2.05, 4.69) is 154 Å². The van der Waals surface area contributed by atoms with Crippen LogP contribution in [0.5, 0.6) is 0 Å². The summed E-state index contributed by atoms with van der Waals surface area (Å²) in [5.74, 6) is 0. The summed E-state index contributed by atoms with van der Waals surface area (Å²) in [7, 11) is 0. The number of hydrogen-bond acceptors (Lipinski definition) is 4. The van der Waals surface area contributed by atoms with E-state index in [0.29, 0.717) is 0 Å². The predicted octanol–water partition coefficient (Wildman–Crippen LogP) is 11.4. The van der Waals surface area contributed by atoms with Crippen molar-refractivity contribution in [2.24, 2.45) is 0 Å². The summed E-state index contributed by atoms with van der Waals surface area (Å²) < 4.78 is 0. The fraction of sp³-hybridized carbons (Fsp3) is 0. The first-order valence-corrected chi connectivity index (χ1v) is 16.9. The molecular formula is C40H26N4S2. The third-order valence-corrected chi connectivity index (χ3v) is 10.2. The summed E-state index contributed by atoms with van der Waals surface area (Å²) in [4.78, 5) is 20.5. The summed E-state index contributed by atoms with van der Waals surface area (Å²) in [6, 6.07) is 38.3. The van der Waals surface area contributed by atoms with Gasteiger partial charge in [-0.3, -0.25) is 0 Å². The average Bonchev–Trinajstić information content (AvgIpc) is 3.93. The topological polar surface area (TPSA) is 57.4 Å². The molecule has 218 valence electrons. The van der Waals surface area contributed by atoms with Crippen molar-refractivity contribution in [3.8, 4) is 43.1 Å². The van der Waals surface area contributed by atoms with E-state index in [9.17, 15) is 0 Å². The summed E-state index contributed by atoms with van der Waals surface area (Å²) in [5.41, 5.74) is 14.3. The van der Waals surface area contributed by atoms with Gasteiger partial charge in [0.05, 0.1) is 22.8 Å². The molecule has 7 aromatic rings. The summed E-state index contributed by atoms with van der Waals surface area (Å²) in [5, 5.41) is 4.23. The van der Waals surface area contributed by atoms with E-state index in [1.807, 2.05) is 0 Å². The quantitative estimate of drug-likeness (QED) is 0.204. The van der Waals surface area contributed by atoms with Gasteiger partial charge in [0.1, 0.15) is 0 Å². The van der Waals surface area contributed by atoms with Gasteiger partial charge >= 0.3 is 0 Å². The fourth-order valence-electron chi connectivity index (χ4n) is 6.38. The average molecular weight is 627 g/mol. The minimum atomic E-state index is 0.908. The highest BCUT2D eigenvalue weighted by molar-refractivity contribution is 7.14. The van der Waals surface area contributed by atoms with E-state index in [-0.39, 0.29) is 0 Å². The Hall–Kier alpha value is -5.56. The molecule has 0 atom stereocenters. The number of rotatable bonds is 4. The molecule has 46 heavy (non-hydrogen) atoms. The zero-order valence-corrected chi connectivity index (χ0v) is 26.2. The molecule has 9 rings (SSSR count). The maximum absolute atomic E-state index is 5.31. The molecule has 0 saturated carbocycles. The van der Waals surface area contributed by atoms with Crippen LogP contribution in [0.15, 0.2) is 120 Å². The molecule has 5 aromatic heterocycles. The van der Waals surface area contributed by atoms with E-state index in [4.69, 9.17) is 9.97 Å². The van der Waals surface area contributed by atoms with E-state index in [1.54, 1.807) is 22.7 Å². The van der Waals surface area contributed by atoms with Crippen LogP contribution in [-0.4, -0.2) is 19.9 Å². The maximum Gasteiger partial charge on any atom is 0.0746 e. The van der Waals surface area contributed by atoms with Gasteiger partial charge in [0.2, 0.25) is 0 Å². The van der Waals surface area contributed by atoms with Gasteiger partial charge in [-0.2, -0.15) is 0 Å². The summed E-state index contributed by atoms with van der Waals surface area (Å²) >= 11 is 3.43. The Morgan fingerprint density at radius 2 is 0.783 bits per heavy atom. The van der Waals surface area contributed by atoms with Crippen LogP contribution in [0, 0.1) is 0 Å². The van der Waals surface area contributed by atoms with E-state index >= 15 is 0 Å². The lowest BCUT2D eigenvalue weighted by atomic mass is 10.0. The molecule has 7 heterocycles. The summed E-state index contributed by atoms with van der Waals surface area (Å²) in [6.45, 7) is 0. The van der Waals surface area contributed by atoms with Crippen LogP contribution in [0.4, 0.5) is 0 Å². The molecule has 0 unspecified atom stereocenters. The number of nitrogens with zero attached hydrogens (tertiary/aromatic N) is 2. The lowest BCUT2D eigenvalue weighted by Gasteiger charge is -2.05. The van der Waals surface area contributed by atoms with Crippen LogP contribution < -0.4 is 0 Å². The molecule has 4 nitrogen and oxygen atoms in total. The predicted molar refractivity (Wildman–Crippen MR) is 196 cm³/mol. The molecule has 2 aromatic carbocycles. The van der Waals surface area contributed by atoms with Gasteiger partial charge in [0, 0.05) is 54.1 Å². The summed E-state index contributed by atoms with van der Waals surface area (Å²) in [6.07, 6.45) is 8.54. The van der Waals surface area contributed by atoms with E-state index in [1.165, 1.54) is 0 Å². The Morgan fingerprint density at radius 1 is 0.370 bits per heavy atom. The van der Waals surface area contributed by atoms with Crippen molar-refractivity contribution in [2.45, 2.75) is 0 Å². The van der Waals surface area contributed by atoms with Crippen molar-refractivity contribution in [1.29, 1.82) is 0 Å². The molecule has 0 fully saturated rings. The maximum atomic E-state index is 5.31. The number of aromatic nitrogens is 4. The number of hydrogen-bond donors (Lipinski definition) is 2. The lowest BCUT2D eigenvalue weighted by molar-refractivity contribution is 1.28. The van der Waals surface area contributed by atoms with Crippen molar-refractivity contribution >= 4 is 69.0 Å². The van der Waals surface area contributed by atoms with Gasteiger partial charge in [0.15, 0.2) is 0 Å². The van der Waals surface area contributed by atoms with Gasteiger partial charge in [-0.05, 0) is 82.6 Å². The fourth-order valence-corrected chi connectivity index (χ4v) is 7.97. The Morgan fingerprint density at radius 3 is 1.28 bits per heavy atom. The second kappa shape index (κ2) is 11.1. The second-order valence-corrected chi connectivity index (χ2v) is 13.1. The van der Waals surface area contributed by atoms with Gasteiger partial charge in [-0.1, -0.05) is 72.8 Å². The number of aromatic amines is 2. The first-order valence-electron chi connectivity index (χ1n) is 15.1. The second-order valence-electron chi connectivity index (χ2n) is 11.2. The van der Waals surface area contributed by atoms with Crippen LogP contribution in [0.25, 0.3) is 89.5 Å². The highest BCUT2D eigenvalue weighted by Gasteiger charge is 2.19. The van der Waals surface area contributed by atoms with Crippen molar-refractivity contribution < 1.29 is 0 Å². The van der Waals surface area contributed by atoms with E-state index in [0.717, 1.165) is 88.0 Å². The van der Waals surface area contributed by atoms with Gasteiger partial charge in [0.25, 0.3) is 0 Å². The molecule has 6 heteroatoms. The molecule has 2 N–H and O–H groups in total. The minimum Gasteiger partial charge on any atom is -0.354 e. The third kappa shape index (κ3) is 4.58. The first-order chi connectivity index (χ1) is 22.8. The molecule has 0 aliphatic carbocycles. The molecule has 8 bridgehead atoms. The van der Waals surface area contributed by atoms with Crippen molar-refractivity contribution in [2.75, 3.05) is 0 Å². The van der Waals surface area contributed by atoms with Gasteiger partial charge in [-0.15, -0.1) is 22.7 Å². The molecule has 0 radical (unpaired) electrons. The largest absolute Gasteiger partial charge is 0.354 e. The standard InChI is InChI=1S/C40H26N4S2/c1-3-9-25(10-4-1)37-27-15-16-28(41-27)38(26-11-5-2-6-12-26)30-18-20-32(43-30)40(36-14-8-24-46-36)34-22-21-33(44-34)39(35-13-7-23-45-35)31-19-17-29(37)42-31/h1-24,41-42H. The monoisotopic (exact) mass is 626 g/mol.